The minimum Gasteiger partial charge on any atom is -0.474 e. The normalized spacial score (nSPS) is 12.1. The van der Waals surface area contributed by atoms with Crippen molar-refractivity contribution in [3.8, 4) is 5.75 Å². The second-order valence-electron chi connectivity index (χ2n) is 5.43. The maximum Gasteiger partial charge on any atom is 0.416 e. The fourth-order valence-electron chi connectivity index (χ4n) is 2.08. The molecule has 0 heterocycles. The van der Waals surface area contributed by atoms with Crippen molar-refractivity contribution in [2.45, 2.75) is 19.2 Å². The van der Waals surface area contributed by atoms with Gasteiger partial charge in [0.05, 0.1) is 10.5 Å². The fourth-order valence-corrected chi connectivity index (χ4v) is 2.08. The highest BCUT2D eigenvalue weighted by atomic mass is 19.4. The molecule has 0 saturated heterocycles. The second kappa shape index (κ2) is 7.85. The quantitative estimate of drug-likeness (QED) is 0.465. The molecule has 7 nitrogen and oxygen atoms in total. The average molecular weight is 382 g/mol. The Bertz CT molecular complexity index is 866. The van der Waals surface area contributed by atoms with Gasteiger partial charge in [0, 0.05) is 17.3 Å². The van der Waals surface area contributed by atoms with Crippen LogP contribution in [0, 0.1) is 10.1 Å². The van der Waals surface area contributed by atoms with Gasteiger partial charge in [-0.1, -0.05) is 0 Å². The van der Waals surface area contributed by atoms with E-state index in [4.69, 9.17) is 4.74 Å². The number of anilines is 1. The van der Waals surface area contributed by atoms with Crippen LogP contribution < -0.4 is 10.1 Å². The highest BCUT2D eigenvalue weighted by molar-refractivity contribution is 5.94. The Labute approximate surface area is 150 Å². The zero-order chi connectivity index (χ0) is 20.2. The predicted molar refractivity (Wildman–Crippen MR) is 88.6 cm³/mol. The Morgan fingerprint density at radius 3 is 2.37 bits per heavy atom. The molecule has 10 heteroatoms. The molecule has 27 heavy (non-hydrogen) atoms. The number of nitrogens with zero attached hydrogens (tertiary/aromatic N) is 1. The average Bonchev–Trinajstić information content (AvgIpc) is 2.61. The molecule has 0 aliphatic carbocycles. The standard InChI is InChI=1S/C17H13F3N2O5/c1-10(27-15-7-2-11(9-23)8-14(15)22(25)26)16(24)21-13-5-3-12(4-6-13)17(18,19)20/h2-10H,1H3,(H,21,24)/t10-/m0/s1. The van der Waals surface area contributed by atoms with Crippen molar-refractivity contribution in [3.05, 3.63) is 63.7 Å². The van der Waals surface area contributed by atoms with E-state index >= 15 is 0 Å². The van der Waals surface area contributed by atoms with Gasteiger partial charge in [0.25, 0.3) is 5.91 Å². The lowest BCUT2D eigenvalue weighted by Crippen LogP contribution is -2.30. The van der Waals surface area contributed by atoms with E-state index in [0.29, 0.717) is 6.29 Å². The molecule has 0 bridgehead atoms. The Kier molecular flexibility index (Phi) is 5.78. The maximum atomic E-state index is 12.5. The van der Waals surface area contributed by atoms with Gasteiger partial charge in [0.15, 0.2) is 11.9 Å². The topological polar surface area (TPSA) is 98.5 Å². The third-order valence-electron chi connectivity index (χ3n) is 3.47. The van der Waals surface area contributed by atoms with Crippen LogP contribution in [0.2, 0.25) is 0 Å². The summed E-state index contributed by atoms with van der Waals surface area (Å²) in [5, 5.41) is 13.4. The van der Waals surface area contributed by atoms with Crippen molar-refractivity contribution in [1.82, 2.24) is 0 Å². The fraction of sp³-hybridized carbons (Fsp3) is 0.176. The van der Waals surface area contributed by atoms with Crippen LogP contribution in [0.15, 0.2) is 42.5 Å². The van der Waals surface area contributed by atoms with Crippen molar-refractivity contribution >= 4 is 23.6 Å². The molecule has 2 aromatic rings. The number of alkyl halides is 3. The van der Waals surface area contributed by atoms with Gasteiger partial charge in [-0.2, -0.15) is 13.2 Å². The number of halogens is 3. The van der Waals surface area contributed by atoms with Crippen molar-refractivity contribution in [2.24, 2.45) is 0 Å². The first-order chi connectivity index (χ1) is 12.6. The molecule has 0 unspecified atom stereocenters. The van der Waals surface area contributed by atoms with E-state index in [2.05, 4.69) is 5.32 Å². The van der Waals surface area contributed by atoms with Crippen molar-refractivity contribution in [1.29, 1.82) is 0 Å². The van der Waals surface area contributed by atoms with Crippen LogP contribution in [0.3, 0.4) is 0 Å². The number of hydrogen-bond donors (Lipinski definition) is 1. The Morgan fingerprint density at radius 2 is 1.85 bits per heavy atom. The van der Waals surface area contributed by atoms with E-state index in [1.165, 1.54) is 19.1 Å². The zero-order valence-electron chi connectivity index (χ0n) is 13.8. The van der Waals surface area contributed by atoms with Crippen LogP contribution in [-0.2, 0) is 11.0 Å². The van der Waals surface area contributed by atoms with Gasteiger partial charge < -0.3 is 10.1 Å². The molecule has 2 aromatic carbocycles. The lowest BCUT2D eigenvalue weighted by Gasteiger charge is -2.15. The summed E-state index contributed by atoms with van der Waals surface area (Å²) < 4.78 is 42.8. The van der Waals surface area contributed by atoms with Gasteiger partial charge in [-0.05, 0) is 43.3 Å². The van der Waals surface area contributed by atoms with Crippen molar-refractivity contribution < 1.29 is 32.4 Å². The summed E-state index contributed by atoms with van der Waals surface area (Å²) >= 11 is 0. The Balaban J connectivity index is 2.10. The van der Waals surface area contributed by atoms with Crippen LogP contribution in [0.4, 0.5) is 24.5 Å². The lowest BCUT2D eigenvalue weighted by molar-refractivity contribution is -0.386. The first kappa shape index (κ1) is 19.9. The summed E-state index contributed by atoms with van der Waals surface area (Å²) in [7, 11) is 0. The number of ether oxygens (including phenoxy) is 1. The molecule has 0 aliphatic heterocycles. The summed E-state index contributed by atoms with van der Waals surface area (Å²) in [5.74, 6) is -0.941. The second-order valence-corrected chi connectivity index (χ2v) is 5.43. The number of nitro benzene ring substituents is 1. The molecule has 0 fully saturated rings. The molecule has 0 radical (unpaired) electrons. The Hall–Kier alpha value is -3.43. The molecule has 2 rings (SSSR count). The molecule has 1 N–H and O–H groups in total. The zero-order valence-corrected chi connectivity index (χ0v) is 13.8. The summed E-state index contributed by atoms with van der Waals surface area (Å²) in [6.07, 6.45) is -5.25. The predicted octanol–water partition coefficient (Wildman–Crippen LogP) is 3.83. The number of benzene rings is 2. The van der Waals surface area contributed by atoms with Crippen LogP contribution in [0.25, 0.3) is 0 Å². The SMILES string of the molecule is C[C@H](Oc1ccc(C=O)cc1[N+](=O)[O-])C(=O)Nc1ccc(C(F)(F)F)cc1. The number of hydrogen-bond acceptors (Lipinski definition) is 5. The van der Waals surface area contributed by atoms with Crippen LogP contribution in [-0.4, -0.2) is 23.2 Å². The molecule has 0 spiro atoms. The number of amides is 1. The number of carbonyl (C=O) groups is 2. The van der Waals surface area contributed by atoms with Gasteiger partial charge in [-0.3, -0.25) is 19.7 Å². The lowest BCUT2D eigenvalue weighted by atomic mass is 10.2. The summed E-state index contributed by atoms with van der Waals surface area (Å²) in [6, 6.07) is 7.25. The van der Waals surface area contributed by atoms with E-state index < -0.39 is 34.4 Å². The highest BCUT2D eigenvalue weighted by Crippen LogP contribution is 2.30. The molecule has 1 atom stereocenters. The summed E-state index contributed by atoms with van der Waals surface area (Å²) in [4.78, 5) is 33.1. The van der Waals surface area contributed by atoms with Crippen LogP contribution in [0.1, 0.15) is 22.8 Å². The van der Waals surface area contributed by atoms with E-state index in [9.17, 15) is 32.9 Å². The molecule has 0 saturated carbocycles. The minimum atomic E-state index is -4.49. The van der Waals surface area contributed by atoms with Gasteiger partial charge in [0.1, 0.15) is 6.29 Å². The van der Waals surface area contributed by atoms with Crippen LogP contribution in [0.5, 0.6) is 5.75 Å². The van der Waals surface area contributed by atoms with E-state index in [0.717, 1.165) is 30.3 Å². The largest absolute Gasteiger partial charge is 0.474 e. The highest BCUT2D eigenvalue weighted by Gasteiger charge is 2.30. The molecule has 0 aliphatic rings. The summed E-state index contributed by atoms with van der Waals surface area (Å²) in [5.41, 5.74) is -1.19. The van der Waals surface area contributed by atoms with Gasteiger partial charge in [-0.15, -0.1) is 0 Å². The third-order valence-corrected chi connectivity index (χ3v) is 3.47. The van der Waals surface area contributed by atoms with Gasteiger partial charge in [0.2, 0.25) is 0 Å². The number of carbonyl (C=O) groups excluding carboxylic acids is 2. The maximum absolute atomic E-state index is 12.5. The van der Waals surface area contributed by atoms with Crippen LogP contribution >= 0.6 is 0 Å². The van der Waals surface area contributed by atoms with E-state index in [1.54, 1.807) is 0 Å². The van der Waals surface area contributed by atoms with Crippen molar-refractivity contribution in [2.75, 3.05) is 5.32 Å². The van der Waals surface area contributed by atoms with Gasteiger partial charge in [-0.25, -0.2) is 0 Å². The number of aldehydes is 1. The molecule has 142 valence electrons. The third kappa shape index (κ3) is 5.03. The molecule has 0 aromatic heterocycles. The monoisotopic (exact) mass is 382 g/mol. The van der Waals surface area contributed by atoms with E-state index in [1.807, 2.05) is 0 Å². The first-order valence-corrected chi connectivity index (χ1v) is 7.50. The van der Waals surface area contributed by atoms with E-state index in [-0.39, 0.29) is 17.0 Å². The molecular formula is C17H13F3N2O5. The first-order valence-electron chi connectivity index (χ1n) is 7.50. The minimum absolute atomic E-state index is 0.0657. The number of rotatable bonds is 6. The molecular weight excluding hydrogens is 369 g/mol. The molecule has 1 amide bonds. The Morgan fingerprint density at radius 1 is 1.22 bits per heavy atom. The number of nitrogens with one attached hydrogen (secondary N) is 1. The smallest absolute Gasteiger partial charge is 0.416 e. The number of nitro groups is 1. The van der Waals surface area contributed by atoms with Crippen molar-refractivity contribution in [3.63, 3.8) is 0 Å². The van der Waals surface area contributed by atoms with Gasteiger partial charge >= 0.3 is 11.9 Å². The summed E-state index contributed by atoms with van der Waals surface area (Å²) in [6.45, 7) is 1.32.